The minimum Gasteiger partial charge on any atom is -0.352 e. The van der Waals surface area contributed by atoms with Crippen LogP contribution in [0.1, 0.15) is 40.5 Å². The summed E-state index contributed by atoms with van der Waals surface area (Å²) in [6, 6.07) is 0.573. The van der Waals surface area contributed by atoms with E-state index in [2.05, 4.69) is 18.7 Å². The predicted octanol–water partition coefficient (Wildman–Crippen LogP) is 2.51. The van der Waals surface area contributed by atoms with E-state index in [9.17, 15) is 0 Å². The van der Waals surface area contributed by atoms with Crippen LogP contribution in [0.5, 0.6) is 0 Å². The van der Waals surface area contributed by atoms with Gasteiger partial charge >= 0.3 is 0 Å². The summed E-state index contributed by atoms with van der Waals surface area (Å²) in [5, 5.41) is 0. The van der Waals surface area contributed by atoms with Crippen molar-refractivity contribution >= 4 is 0 Å². The van der Waals surface area contributed by atoms with Gasteiger partial charge in [-0.25, -0.2) is 0 Å². The maximum absolute atomic E-state index is 5.60. The quantitative estimate of drug-likeness (QED) is 0.567. The average molecular weight is 229 g/mol. The molecular weight excluding hydrogens is 202 g/mol. The maximum Gasteiger partial charge on any atom is 0.170 e. The lowest BCUT2D eigenvalue weighted by molar-refractivity contribution is -0.150. The van der Waals surface area contributed by atoms with Crippen LogP contribution in [0.25, 0.3) is 0 Å². The lowest BCUT2D eigenvalue weighted by Gasteiger charge is -2.30. The number of rotatable bonds is 9. The van der Waals surface area contributed by atoms with Gasteiger partial charge in [0, 0.05) is 32.3 Å². The highest BCUT2D eigenvalue weighted by molar-refractivity contribution is 4.79. The number of nitrogens with zero attached hydrogens (tertiary/aromatic N) is 1. The predicted molar refractivity (Wildman–Crippen MR) is 66.5 cm³/mol. The van der Waals surface area contributed by atoms with Crippen LogP contribution in [0.3, 0.4) is 0 Å². The standard InChI is InChI=1S/C13H27NO2/c1-5-15-13(16-6-2)10-14(11(3)4)9-12-7-8-12/h11-13H,5-10H2,1-4H3. The zero-order valence-electron chi connectivity index (χ0n) is 11.2. The second-order valence-electron chi connectivity index (χ2n) is 4.83. The smallest absolute Gasteiger partial charge is 0.170 e. The third-order valence-corrected chi connectivity index (χ3v) is 3.01. The Morgan fingerprint density at radius 3 is 2.06 bits per heavy atom. The lowest BCUT2D eigenvalue weighted by Crippen LogP contribution is -2.41. The van der Waals surface area contributed by atoms with Crippen LogP contribution in [-0.2, 0) is 9.47 Å². The minimum absolute atomic E-state index is 0.0591. The first-order chi connectivity index (χ1) is 7.67. The zero-order valence-corrected chi connectivity index (χ0v) is 11.2. The molecule has 3 heteroatoms. The van der Waals surface area contributed by atoms with E-state index in [1.807, 2.05) is 13.8 Å². The molecule has 3 nitrogen and oxygen atoms in total. The van der Waals surface area contributed by atoms with Gasteiger partial charge in [-0.2, -0.15) is 0 Å². The molecule has 0 radical (unpaired) electrons. The van der Waals surface area contributed by atoms with Crippen molar-refractivity contribution in [2.45, 2.75) is 52.9 Å². The third kappa shape index (κ3) is 5.28. The second-order valence-corrected chi connectivity index (χ2v) is 4.83. The van der Waals surface area contributed by atoms with Gasteiger partial charge in [-0.15, -0.1) is 0 Å². The van der Waals surface area contributed by atoms with Crippen LogP contribution in [0.15, 0.2) is 0 Å². The molecule has 0 saturated heterocycles. The SMILES string of the molecule is CCOC(CN(CC1CC1)C(C)C)OCC. The van der Waals surface area contributed by atoms with E-state index in [-0.39, 0.29) is 6.29 Å². The molecule has 96 valence electrons. The fourth-order valence-electron chi connectivity index (χ4n) is 1.85. The Morgan fingerprint density at radius 2 is 1.69 bits per heavy atom. The summed E-state index contributed by atoms with van der Waals surface area (Å²) >= 11 is 0. The highest BCUT2D eigenvalue weighted by atomic mass is 16.7. The van der Waals surface area contributed by atoms with Crippen molar-refractivity contribution in [1.82, 2.24) is 4.90 Å². The van der Waals surface area contributed by atoms with Crippen LogP contribution in [-0.4, -0.2) is 43.5 Å². The van der Waals surface area contributed by atoms with Crippen molar-refractivity contribution in [2.24, 2.45) is 5.92 Å². The Morgan fingerprint density at radius 1 is 1.12 bits per heavy atom. The van der Waals surface area contributed by atoms with Gasteiger partial charge in [0.1, 0.15) is 0 Å². The molecule has 1 aliphatic rings. The second kappa shape index (κ2) is 7.25. The van der Waals surface area contributed by atoms with Crippen molar-refractivity contribution in [3.05, 3.63) is 0 Å². The first kappa shape index (κ1) is 13.9. The Labute approximate surface area is 100 Å². The number of hydrogen-bond acceptors (Lipinski definition) is 3. The Bertz CT molecular complexity index is 175. The molecule has 0 N–H and O–H groups in total. The summed E-state index contributed by atoms with van der Waals surface area (Å²) < 4.78 is 11.2. The van der Waals surface area contributed by atoms with Gasteiger partial charge in [0.2, 0.25) is 0 Å². The van der Waals surface area contributed by atoms with Gasteiger partial charge in [0.15, 0.2) is 6.29 Å². The molecule has 0 bridgehead atoms. The summed E-state index contributed by atoms with van der Waals surface area (Å²) in [6.07, 6.45) is 2.74. The van der Waals surface area contributed by atoms with Gasteiger partial charge in [-0.05, 0) is 46.5 Å². The average Bonchev–Trinajstić information content (AvgIpc) is 3.01. The Kier molecular flexibility index (Phi) is 6.32. The van der Waals surface area contributed by atoms with Gasteiger partial charge < -0.3 is 9.47 Å². The van der Waals surface area contributed by atoms with Crippen molar-refractivity contribution in [1.29, 1.82) is 0 Å². The number of ether oxygens (including phenoxy) is 2. The first-order valence-electron chi connectivity index (χ1n) is 6.64. The molecule has 0 spiro atoms. The van der Waals surface area contributed by atoms with Crippen LogP contribution in [0, 0.1) is 5.92 Å². The largest absolute Gasteiger partial charge is 0.352 e. The van der Waals surface area contributed by atoms with E-state index in [1.165, 1.54) is 19.4 Å². The molecule has 0 aromatic carbocycles. The van der Waals surface area contributed by atoms with Crippen LogP contribution >= 0.6 is 0 Å². The van der Waals surface area contributed by atoms with Crippen molar-refractivity contribution in [3.8, 4) is 0 Å². The molecule has 1 rings (SSSR count). The monoisotopic (exact) mass is 229 g/mol. The first-order valence-corrected chi connectivity index (χ1v) is 6.64. The van der Waals surface area contributed by atoms with Gasteiger partial charge in [-0.1, -0.05) is 0 Å². The fourth-order valence-corrected chi connectivity index (χ4v) is 1.85. The summed E-state index contributed by atoms with van der Waals surface area (Å²) in [4.78, 5) is 2.48. The lowest BCUT2D eigenvalue weighted by atomic mass is 10.2. The van der Waals surface area contributed by atoms with Crippen molar-refractivity contribution < 1.29 is 9.47 Å². The molecule has 0 aromatic heterocycles. The summed E-state index contributed by atoms with van der Waals surface area (Å²) in [6.45, 7) is 12.1. The fraction of sp³-hybridized carbons (Fsp3) is 1.00. The molecule has 0 aliphatic heterocycles. The summed E-state index contributed by atoms with van der Waals surface area (Å²) in [5.74, 6) is 0.923. The van der Waals surface area contributed by atoms with Crippen LogP contribution < -0.4 is 0 Å². The van der Waals surface area contributed by atoms with E-state index < -0.39 is 0 Å². The Hall–Kier alpha value is -0.120. The minimum atomic E-state index is -0.0591. The van der Waals surface area contributed by atoms with E-state index >= 15 is 0 Å². The summed E-state index contributed by atoms with van der Waals surface area (Å²) in [7, 11) is 0. The highest BCUT2D eigenvalue weighted by Gasteiger charge is 2.27. The molecule has 1 fully saturated rings. The molecular formula is C13H27NO2. The molecule has 0 unspecified atom stereocenters. The van der Waals surface area contributed by atoms with Crippen LogP contribution in [0.2, 0.25) is 0 Å². The van der Waals surface area contributed by atoms with E-state index in [0.717, 1.165) is 25.7 Å². The van der Waals surface area contributed by atoms with E-state index in [0.29, 0.717) is 6.04 Å². The van der Waals surface area contributed by atoms with Crippen molar-refractivity contribution in [2.75, 3.05) is 26.3 Å². The Balaban J connectivity index is 2.35. The van der Waals surface area contributed by atoms with E-state index in [4.69, 9.17) is 9.47 Å². The van der Waals surface area contributed by atoms with Gasteiger partial charge in [0.05, 0.1) is 0 Å². The molecule has 1 aliphatic carbocycles. The van der Waals surface area contributed by atoms with Crippen molar-refractivity contribution in [3.63, 3.8) is 0 Å². The molecule has 16 heavy (non-hydrogen) atoms. The number of hydrogen-bond donors (Lipinski definition) is 0. The zero-order chi connectivity index (χ0) is 12.0. The van der Waals surface area contributed by atoms with Crippen LogP contribution in [0.4, 0.5) is 0 Å². The molecule has 0 atom stereocenters. The summed E-state index contributed by atoms with van der Waals surface area (Å²) in [5.41, 5.74) is 0. The van der Waals surface area contributed by atoms with Gasteiger partial charge in [0.25, 0.3) is 0 Å². The maximum atomic E-state index is 5.60. The molecule has 0 amide bonds. The molecule has 0 aromatic rings. The topological polar surface area (TPSA) is 21.7 Å². The third-order valence-electron chi connectivity index (χ3n) is 3.01. The van der Waals surface area contributed by atoms with Gasteiger partial charge in [-0.3, -0.25) is 4.90 Å². The normalized spacial score (nSPS) is 16.7. The molecule has 0 heterocycles. The highest BCUT2D eigenvalue weighted by Crippen LogP contribution is 2.30. The van der Waals surface area contributed by atoms with E-state index in [1.54, 1.807) is 0 Å². The molecule has 1 saturated carbocycles.